The molecule has 1 aliphatic rings. The van der Waals surface area contributed by atoms with Crippen molar-refractivity contribution in [1.29, 1.82) is 0 Å². The molecule has 0 bridgehead atoms. The van der Waals surface area contributed by atoms with E-state index in [0.29, 0.717) is 18.5 Å². The standard InChI is InChI=1S/C13H25F3N2O/c1-5-12(4)9-17-11(10(2)3)8-18(12)6-7-19-13(14,15)16/h10-11,17H,5-9H2,1-4H3. The van der Waals surface area contributed by atoms with Crippen LogP contribution in [0.2, 0.25) is 0 Å². The Hall–Kier alpha value is -0.330. The minimum Gasteiger partial charge on any atom is -0.311 e. The number of nitrogens with one attached hydrogen (secondary N) is 1. The number of alkyl halides is 3. The average molecular weight is 282 g/mol. The van der Waals surface area contributed by atoms with E-state index < -0.39 is 6.36 Å². The molecule has 0 aromatic heterocycles. The lowest BCUT2D eigenvalue weighted by molar-refractivity contribution is -0.325. The fourth-order valence-corrected chi connectivity index (χ4v) is 2.41. The Morgan fingerprint density at radius 1 is 1.42 bits per heavy atom. The molecule has 114 valence electrons. The van der Waals surface area contributed by atoms with Crippen molar-refractivity contribution < 1.29 is 17.9 Å². The van der Waals surface area contributed by atoms with Gasteiger partial charge in [-0.25, -0.2) is 0 Å². The van der Waals surface area contributed by atoms with Crippen molar-refractivity contribution in [2.45, 2.75) is 52.1 Å². The third-order valence-corrected chi connectivity index (χ3v) is 4.12. The van der Waals surface area contributed by atoms with Gasteiger partial charge in [0.2, 0.25) is 0 Å². The van der Waals surface area contributed by atoms with E-state index in [0.717, 1.165) is 19.5 Å². The first-order chi connectivity index (χ1) is 8.68. The van der Waals surface area contributed by atoms with Gasteiger partial charge in [-0.1, -0.05) is 20.8 Å². The summed E-state index contributed by atoms with van der Waals surface area (Å²) < 4.78 is 40.0. The first-order valence-corrected chi connectivity index (χ1v) is 6.87. The summed E-state index contributed by atoms with van der Waals surface area (Å²) in [6.07, 6.45) is -3.63. The highest BCUT2D eigenvalue weighted by atomic mass is 19.4. The topological polar surface area (TPSA) is 24.5 Å². The largest absolute Gasteiger partial charge is 0.522 e. The molecule has 3 nitrogen and oxygen atoms in total. The van der Waals surface area contributed by atoms with Crippen LogP contribution in [0.25, 0.3) is 0 Å². The number of halogens is 3. The molecule has 0 aromatic carbocycles. The maximum atomic E-state index is 12.0. The van der Waals surface area contributed by atoms with E-state index in [2.05, 4.69) is 42.6 Å². The fraction of sp³-hybridized carbons (Fsp3) is 1.00. The summed E-state index contributed by atoms with van der Waals surface area (Å²) in [6, 6.07) is 0.325. The SMILES string of the molecule is CCC1(C)CNC(C(C)C)CN1CCOC(F)(F)F. The molecule has 1 saturated heterocycles. The Balaban J connectivity index is 2.57. The number of ether oxygens (including phenoxy) is 1. The second kappa shape index (κ2) is 6.41. The van der Waals surface area contributed by atoms with Crippen LogP contribution < -0.4 is 5.32 Å². The fourth-order valence-electron chi connectivity index (χ4n) is 2.41. The van der Waals surface area contributed by atoms with Crippen LogP contribution in [0.15, 0.2) is 0 Å². The molecular formula is C13H25F3N2O. The first kappa shape index (κ1) is 16.7. The Kier molecular flexibility index (Phi) is 5.65. The smallest absolute Gasteiger partial charge is 0.311 e. The lowest BCUT2D eigenvalue weighted by Crippen LogP contribution is -2.64. The summed E-state index contributed by atoms with van der Waals surface area (Å²) in [4.78, 5) is 2.12. The molecule has 0 spiro atoms. The summed E-state index contributed by atoms with van der Waals surface area (Å²) in [6.45, 7) is 9.98. The Bertz CT molecular complexity index is 284. The molecule has 19 heavy (non-hydrogen) atoms. The second-order valence-electron chi connectivity index (χ2n) is 5.82. The zero-order chi connectivity index (χ0) is 14.7. The highest BCUT2D eigenvalue weighted by molar-refractivity contribution is 4.95. The average Bonchev–Trinajstić information content (AvgIpc) is 2.29. The van der Waals surface area contributed by atoms with Crippen LogP contribution in [-0.4, -0.2) is 49.1 Å². The van der Waals surface area contributed by atoms with Crippen molar-refractivity contribution in [3.63, 3.8) is 0 Å². The molecule has 0 aliphatic carbocycles. The van der Waals surface area contributed by atoms with Crippen LogP contribution in [-0.2, 0) is 4.74 Å². The molecule has 2 unspecified atom stereocenters. The lowest BCUT2D eigenvalue weighted by Gasteiger charge is -2.49. The predicted molar refractivity (Wildman–Crippen MR) is 68.9 cm³/mol. The number of nitrogens with zero attached hydrogens (tertiary/aromatic N) is 1. The number of piperazine rings is 1. The number of hydrogen-bond acceptors (Lipinski definition) is 3. The van der Waals surface area contributed by atoms with Gasteiger partial charge in [-0.2, -0.15) is 0 Å². The van der Waals surface area contributed by atoms with E-state index in [1.165, 1.54) is 0 Å². The summed E-state index contributed by atoms with van der Waals surface area (Å²) in [5.41, 5.74) is -0.0969. The normalized spacial score (nSPS) is 30.0. The second-order valence-corrected chi connectivity index (χ2v) is 5.82. The third kappa shape index (κ3) is 4.93. The van der Waals surface area contributed by atoms with Crippen LogP contribution in [0, 0.1) is 5.92 Å². The van der Waals surface area contributed by atoms with Crippen LogP contribution >= 0.6 is 0 Å². The molecule has 1 fully saturated rings. The van der Waals surface area contributed by atoms with Crippen molar-refractivity contribution in [2.24, 2.45) is 5.92 Å². The van der Waals surface area contributed by atoms with Gasteiger partial charge in [-0.15, -0.1) is 13.2 Å². The van der Waals surface area contributed by atoms with Crippen molar-refractivity contribution in [2.75, 3.05) is 26.2 Å². The zero-order valence-electron chi connectivity index (χ0n) is 12.2. The highest BCUT2D eigenvalue weighted by Crippen LogP contribution is 2.25. The van der Waals surface area contributed by atoms with Gasteiger partial charge in [0.25, 0.3) is 0 Å². The summed E-state index contributed by atoms with van der Waals surface area (Å²) in [7, 11) is 0. The molecule has 0 radical (unpaired) electrons. The van der Waals surface area contributed by atoms with Gasteiger partial charge in [0.1, 0.15) is 0 Å². The molecule has 1 aliphatic heterocycles. The van der Waals surface area contributed by atoms with Crippen molar-refractivity contribution >= 4 is 0 Å². The molecule has 0 saturated carbocycles. The molecule has 2 atom stereocenters. The van der Waals surface area contributed by atoms with E-state index in [4.69, 9.17) is 0 Å². The maximum Gasteiger partial charge on any atom is 0.522 e. The van der Waals surface area contributed by atoms with Crippen molar-refractivity contribution in [1.82, 2.24) is 10.2 Å². The van der Waals surface area contributed by atoms with Crippen LogP contribution in [0.5, 0.6) is 0 Å². The predicted octanol–water partition coefficient (Wildman–Crippen LogP) is 2.62. The molecule has 0 amide bonds. The van der Waals surface area contributed by atoms with Crippen molar-refractivity contribution in [3.8, 4) is 0 Å². The Morgan fingerprint density at radius 3 is 2.53 bits per heavy atom. The van der Waals surface area contributed by atoms with E-state index >= 15 is 0 Å². The molecule has 6 heteroatoms. The molecule has 1 heterocycles. The summed E-state index contributed by atoms with van der Waals surface area (Å²) in [5.74, 6) is 0.465. The Labute approximate surface area is 113 Å². The third-order valence-electron chi connectivity index (χ3n) is 4.12. The monoisotopic (exact) mass is 282 g/mol. The Morgan fingerprint density at radius 2 is 2.05 bits per heavy atom. The zero-order valence-corrected chi connectivity index (χ0v) is 12.2. The minimum atomic E-state index is -4.53. The van der Waals surface area contributed by atoms with Crippen LogP contribution in [0.1, 0.15) is 34.1 Å². The maximum absolute atomic E-state index is 12.0. The molecule has 1 N–H and O–H groups in total. The van der Waals surface area contributed by atoms with Gasteiger partial charge in [-0.05, 0) is 19.3 Å². The van der Waals surface area contributed by atoms with Gasteiger partial charge in [0.05, 0.1) is 6.61 Å². The first-order valence-electron chi connectivity index (χ1n) is 6.87. The van der Waals surface area contributed by atoms with Gasteiger partial charge >= 0.3 is 6.36 Å². The number of hydrogen-bond donors (Lipinski definition) is 1. The van der Waals surface area contributed by atoms with Gasteiger partial charge in [0.15, 0.2) is 0 Å². The van der Waals surface area contributed by atoms with E-state index in [9.17, 15) is 13.2 Å². The van der Waals surface area contributed by atoms with E-state index in [-0.39, 0.29) is 12.1 Å². The van der Waals surface area contributed by atoms with Crippen LogP contribution in [0.4, 0.5) is 13.2 Å². The highest BCUT2D eigenvalue weighted by Gasteiger charge is 2.37. The molecule has 0 aromatic rings. The molecule has 1 rings (SSSR count). The minimum absolute atomic E-state index is 0.0969. The molecular weight excluding hydrogens is 257 g/mol. The number of rotatable bonds is 5. The van der Waals surface area contributed by atoms with Crippen LogP contribution in [0.3, 0.4) is 0 Å². The van der Waals surface area contributed by atoms with Gasteiger partial charge in [-0.3, -0.25) is 9.64 Å². The quantitative estimate of drug-likeness (QED) is 0.839. The van der Waals surface area contributed by atoms with Gasteiger partial charge < -0.3 is 5.32 Å². The van der Waals surface area contributed by atoms with E-state index in [1.54, 1.807) is 0 Å². The van der Waals surface area contributed by atoms with E-state index in [1.807, 2.05) is 0 Å². The van der Waals surface area contributed by atoms with Crippen molar-refractivity contribution in [3.05, 3.63) is 0 Å². The van der Waals surface area contributed by atoms with Gasteiger partial charge in [0, 0.05) is 31.2 Å². The lowest BCUT2D eigenvalue weighted by atomic mass is 9.89. The summed E-state index contributed by atoms with van der Waals surface area (Å²) >= 11 is 0. The summed E-state index contributed by atoms with van der Waals surface area (Å²) in [5, 5.41) is 3.49.